The van der Waals surface area contributed by atoms with Gasteiger partial charge in [-0.25, -0.2) is 12.8 Å². The molecule has 0 saturated carbocycles. The van der Waals surface area contributed by atoms with Crippen LogP contribution in [0.3, 0.4) is 0 Å². The van der Waals surface area contributed by atoms with Crippen LogP contribution in [0.15, 0.2) is 27.6 Å². The van der Waals surface area contributed by atoms with Gasteiger partial charge in [0.05, 0.1) is 17.0 Å². The van der Waals surface area contributed by atoms with Crippen LogP contribution in [-0.2, 0) is 23.0 Å². The third-order valence-corrected chi connectivity index (χ3v) is 6.10. The van der Waals surface area contributed by atoms with Crippen LogP contribution >= 0.6 is 0 Å². The second kappa shape index (κ2) is 8.57. The van der Waals surface area contributed by atoms with Gasteiger partial charge in [0.2, 0.25) is 15.9 Å². The number of hydrogen-bond donors (Lipinski definition) is 0. The molecule has 27 heavy (non-hydrogen) atoms. The second-order valence-corrected chi connectivity index (χ2v) is 7.79. The number of nitrogens with zero attached hydrogens (tertiary/aromatic N) is 4. The zero-order valence-electron chi connectivity index (χ0n) is 15.8. The molecule has 0 bridgehead atoms. The van der Waals surface area contributed by atoms with E-state index in [0.717, 1.165) is 18.2 Å². The average Bonchev–Trinajstić information content (AvgIpc) is 3.09. The highest BCUT2D eigenvalue weighted by Gasteiger charge is 2.25. The molecule has 0 saturated heterocycles. The maximum Gasteiger partial charge on any atom is 0.257 e. The smallest absolute Gasteiger partial charge is 0.257 e. The quantitative estimate of drug-likeness (QED) is 0.675. The monoisotopic (exact) mass is 398 g/mol. The summed E-state index contributed by atoms with van der Waals surface area (Å²) in [6.45, 7) is 5.81. The van der Waals surface area contributed by atoms with Crippen molar-refractivity contribution >= 4 is 15.9 Å². The summed E-state index contributed by atoms with van der Waals surface area (Å²) in [6, 6.07) is 3.21. The molecule has 2 aromatic rings. The van der Waals surface area contributed by atoms with Gasteiger partial charge in [-0.05, 0) is 18.2 Å². The first kappa shape index (κ1) is 21.0. The molecule has 1 aromatic carbocycles. The van der Waals surface area contributed by atoms with Gasteiger partial charge in [-0.2, -0.15) is 9.29 Å². The number of aryl methyl sites for hydroxylation is 1. The molecule has 1 heterocycles. The molecule has 0 atom stereocenters. The Morgan fingerprint density at radius 2 is 1.89 bits per heavy atom. The van der Waals surface area contributed by atoms with E-state index in [1.54, 1.807) is 13.8 Å². The summed E-state index contributed by atoms with van der Waals surface area (Å²) in [4.78, 5) is 17.8. The van der Waals surface area contributed by atoms with Crippen LogP contribution in [0.1, 0.15) is 42.8 Å². The molecule has 0 N–H and O–H groups in total. The lowest BCUT2D eigenvalue weighted by Gasteiger charge is -2.20. The minimum atomic E-state index is -3.80. The summed E-state index contributed by atoms with van der Waals surface area (Å²) in [5.41, 5.74) is -0.332. The summed E-state index contributed by atoms with van der Waals surface area (Å²) in [7, 11) is -2.36. The normalized spacial score (nSPS) is 11.8. The van der Waals surface area contributed by atoms with Gasteiger partial charge in [-0.15, -0.1) is 0 Å². The summed E-state index contributed by atoms with van der Waals surface area (Å²) < 4.78 is 45.7. The third-order valence-electron chi connectivity index (χ3n) is 4.06. The number of hydrogen-bond acceptors (Lipinski definition) is 6. The first-order chi connectivity index (χ1) is 12.7. The highest BCUT2D eigenvalue weighted by atomic mass is 32.2. The molecule has 148 valence electrons. The Labute approximate surface area is 158 Å². The molecule has 0 fully saturated rings. The average molecular weight is 398 g/mol. The summed E-state index contributed by atoms with van der Waals surface area (Å²) in [5, 5.41) is 3.74. The standard InChI is InChI=1S/C17H23FN4O4S/c1-5-15-19-16(26-20-15)11-21(4)17(23)13-10-12(8-9-14(13)18)27(24,25)22(6-2)7-3/h8-10H,5-7,11H2,1-4H3. The maximum absolute atomic E-state index is 14.2. The van der Waals surface area contributed by atoms with Crippen molar-refractivity contribution in [1.29, 1.82) is 0 Å². The van der Waals surface area contributed by atoms with Crippen molar-refractivity contribution < 1.29 is 22.1 Å². The van der Waals surface area contributed by atoms with E-state index >= 15 is 0 Å². The van der Waals surface area contributed by atoms with Crippen molar-refractivity contribution in [1.82, 2.24) is 19.3 Å². The lowest BCUT2D eigenvalue weighted by Crippen LogP contribution is -2.31. The van der Waals surface area contributed by atoms with E-state index in [4.69, 9.17) is 4.52 Å². The Morgan fingerprint density at radius 3 is 2.44 bits per heavy atom. The molecule has 0 spiro atoms. The number of carbonyl (C=O) groups is 1. The molecule has 8 nitrogen and oxygen atoms in total. The van der Waals surface area contributed by atoms with E-state index in [9.17, 15) is 17.6 Å². The van der Waals surface area contributed by atoms with Crippen molar-refractivity contribution in [3.63, 3.8) is 0 Å². The number of aromatic nitrogens is 2. The number of amides is 1. The highest BCUT2D eigenvalue weighted by molar-refractivity contribution is 7.89. The lowest BCUT2D eigenvalue weighted by atomic mass is 10.2. The Morgan fingerprint density at radius 1 is 1.22 bits per heavy atom. The molecule has 2 rings (SSSR count). The van der Waals surface area contributed by atoms with Gasteiger partial charge in [-0.3, -0.25) is 4.79 Å². The van der Waals surface area contributed by atoms with Crippen molar-refractivity contribution in [3.05, 3.63) is 41.3 Å². The summed E-state index contributed by atoms with van der Waals surface area (Å²) in [6.07, 6.45) is 0.584. The molecule has 0 unspecified atom stereocenters. The van der Waals surface area contributed by atoms with E-state index in [0.29, 0.717) is 12.2 Å². The van der Waals surface area contributed by atoms with E-state index in [1.807, 2.05) is 6.92 Å². The number of carbonyl (C=O) groups excluding carboxylic acids is 1. The van der Waals surface area contributed by atoms with Crippen LogP contribution < -0.4 is 0 Å². The lowest BCUT2D eigenvalue weighted by molar-refractivity contribution is 0.0764. The van der Waals surface area contributed by atoms with Crippen LogP contribution in [-0.4, -0.2) is 53.8 Å². The van der Waals surface area contributed by atoms with Crippen molar-refractivity contribution in [2.24, 2.45) is 0 Å². The SMILES string of the molecule is CCc1noc(CN(C)C(=O)c2cc(S(=O)(=O)N(CC)CC)ccc2F)n1. The molecule has 10 heteroatoms. The van der Waals surface area contributed by atoms with Crippen LogP contribution in [0.4, 0.5) is 4.39 Å². The van der Waals surface area contributed by atoms with Crippen molar-refractivity contribution in [2.45, 2.75) is 38.6 Å². The van der Waals surface area contributed by atoms with E-state index in [2.05, 4.69) is 10.1 Å². The number of benzene rings is 1. The largest absolute Gasteiger partial charge is 0.337 e. The topological polar surface area (TPSA) is 96.6 Å². The Hall–Kier alpha value is -2.33. The van der Waals surface area contributed by atoms with Gasteiger partial charge in [-0.1, -0.05) is 25.9 Å². The van der Waals surface area contributed by atoms with E-state index in [-0.39, 0.29) is 36.0 Å². The van der Waals surface area contributed by atoms with Gasteiger partial charge in [0, 0.05) is 26.6 Å². The molecule has 0 aliphatic rings. The second-order valence-electron chi connectivity index (χ2n) is 5.85. The van der Waals surface area contributed by atoms with Crippen LogP contribution in [0, 0.1) is 5.82 Å². The van der Waals surface area contributed by atoms with Gasteiger partial charge in [0.15, 0.2) is 5.82 Å². The number of halogens is 1. The van der Waals surface area contributed by atoms with Crippen LogP contribution in [0.25, 0.3) is 0 Å². The predicted octanol–water partition coefficient (Wildman–Crippen LogP) is 2.07. The minimum absolute atomic E-state index is 0.0156. The van der Waals surface area contributed by atoms with Crippen molar-refractivity contribution in [2.75, 3.05) is 20.1 Å². The number of sulfonamides is 1. The minimum Gasteiger partial charge on any atom is -0.337 e. The highest BCUT2D eigenvalue weighted by Crippen LogP contribution is 2.20. The first-order valence-corrected chi connectivity index (χ1v) is 10.0. The fraction of sp³-hybridized carbons (Fsp3) is 0.471. The Kier molecular flexibility index (Phi) is 6.66. The maximum atomic E-state index is 14.2. The van der Waals surface area contributed by atoms with E-state index < -0.39 is 21.7 Å². The number of rotatable bonds is 8. The molecular weight excluding hydrogens is 375 g/mol. The zero-order chi connectivity index (χ0) is 20.2. The summed E-state index contributed by atoms with van der Waals surface area (Å²) in [5.74, 6) is -0.759. The molecule has 0 radical (unpaired) electrons. The van der Waals surface area contributed by atoms with Gasteiger partial charge in [0.25, 0.3) is 5.91 Å². The Bertz CT molecular complexity index is 909. The third kappa shape index (κ3) is 4.51. The fourth-order valence-electron chi connectivity index (χ4n) is 2.52. The first-order valence-electron chi connectivity index (χ1n) is 8.61. The molecule has 0 aliphatic carbocycles. The molecule has 1 aromatic heterocycles. The van der Waals surface area contributed by atoms with Crippen LogP contribution in [0.2, 0.25) is 0 Å². The Balaban J connectivity index is 2.30. The van der Waals surface area contributed by atoms with Crippen molar-refractivity contribution in [3.8, 4) is 0 Å². The van der Waals surface area contributed by atoms with E-state index in [1.165, 1.54) is 16.3 Å². The fourth-order valence-corrected chi connectivity index (χ4v) is 4.00. The molecule has 0 aliphatic heterocycles. The van der Waals surface area contributed by atoms with Gasteiger partial charge >= 0.3 is 0 Å². The summed E-state index contributed by atoms with van der Waals surface area (Å²) >= 11 is 0. The van der Waals surface area contributed by atoms with Crippen LogP contribution in [0.5, 0.6) is 0 Å². The molecule has 1 amide bonds. The predicted molar refractivity (Wildman–Crippen MR) is 96.0 cm³/mol. The van der Waals surface area contributed by atoms with Gasteiger partial charge < -0.3 is 9.42 Å². The van der Waals surface area contributed by atoms with Gasteiger partial charge in [0.1, 0.15) is 5.82 Å². The molecular formula is C17H23FN4O4S. The zero-order valence-corrected chi connectivity index (χ0v) is 16.6.